The molecule has 19 heavy (non-hydrogen) atoms. The summed E-state index contributed by atoms with van der Waals surface area (Å²) in [5.74, 6) is 0.445. The van der Waals surface area contributed by atoms with Crippen LogP contribution in [-0.2, 0) is 6.42 Å². The van der Waals surface area contributed by atoms with E-state index in [1.165, 1.54) is 12.7 Å². The number of ether oxygens (including phenoxy) is 1. The van der Waals surface area contributed by atoms with E-state index in [4.69, 9.17) is 16.3 Å². The fourth-order valence-electron chi connectivity index (χ4n) is 1.63. The van der Waals surface area contributed by atoms with Gasteiger partial charge in [-0.05, 0) is 35.7 Å². The van der Waals surface area contributed by atoms with E-state index in [1.807, 2.05) is 24.1 Å². The zero-order valence-electron chi connectivity index (χ0n) is 11.1. The van der Waals surface area contributed by atoms with Crippen LogP contribution in [0.1, 0.15) is 12.5 Å². The Morgan fingerprint density at radius 1 is 1.16 bits per heavy atom. The van der Waals surface area contributed by atoms with Crippen molar-refractivity contribution in [2.24, 2.45) is 0 Å². The van der Waals surface area contributed by atoms with Crippen LogP contribution >= 0.6 is 11.6 Å². The second kappa shape index (κ2) is 5.84. The Morgan fingerprint density at radius 2 is 1.84 bits per heavy atom. The van der Waals surface area contributed by atoms with Crippen LogP contribution < -0.4 is 9.64 Å². The Morgan fingerprint density at radius 3 is 2.42 bits per heavy atom. The molecule has 0 aliphatic heterocycles. The maximum atomic E-state index is 5.84. The van der Waals surface area contributed by atoms with Crippen LogP contribution in [0.25, 0.3) is 0 Å². The molecule has 0 aliphatic rings. The quantitative estimate of drug-likeness (QED) is 0.861. The average Bonchev–Trinajstić information content (AvgIpc) is 2.46. The summed E-state index contributed by atoms with van der Waals surface area (Å²) in [7, 11) is 3.36. The van der Waals surface area contributed by atoms with E-state index >= 15 is 0 Å². The summed E-state index contributed by atoms with van der Waals surface area (Å²) in [5.41, 5.74) is 2.25. The Bertz CT molecular complexity index is 559. The van der Waals surface area contributed by atoms with Crippen LogP contribution in [0.5, 0.6) is 6.01 Å². The molecule has 0 atom stereocenters. The summed E-state index contributed by atoms with van der Waals surface area (Å²) >= 11 is 5.84. The topological polar surface area (TPSA) is 51.1 Å². The lowest BCUT2D eigenvalue weighted by molar-refractivity contribution is 0.378. The Balaban J connectivity index is 2.31. The van der Waals surface area contributed by atoms with Gasteiger partial charge in [-0.1, -0.05) is 19.1 Å². The average molecular weight is 279 g/mol. The molecule has 0 spiro atoms. The van der Waals surface area contributed by atoms with E-state index in [1.54, 1.807) is 0 Å². The lowest BCUT2D eigenvalue weighted by Crippen LogP contribution is -2.14. The second-order valence-corrected chi connectivity index (χ2v) is 4.31. The summed E-state index contributed by atoms with van der Waals surface area (Å²) in [6.45, 7) is 2.12. The summed E-state index contributed by atoms with van der Waals surface area (Å²) in [6, 6.07) is 8.39. The first-order valence-electron chi connectivity index (χ1n) is 5.92. The molecular formula is C13H15ClN4O. The van der Waals surface area contributed by atoms with Crippen LogP contribution in [0.4, 0.5) is 11.6 Å². The van der Waals surface area contributed by atoms with Crippen molar-refractivity contribution in [3.05, 3.63) is 35.1 Å². The molecule has 0 radical (unpaired) electrons. The number of hydrogen-bond acceptors (Lipinski definition) is 5. The lowest BCUT2D eigenvalue weighted by atomic mass is 10.1. The standard InChI is InChI=1S/C13H15ClN4O/c1-4-9-5-7-10(8-6-9)18(2)12-15-11(14)16-13(17-12)19-3/h5-8H,4H2,1-3H3. The van der Waals surface area contributed by atoms with E-state index in [2.05, 4.69) is 34.0 Å². The Kier molecular flexibility index (Phi) is 4.16. The van der Waals surface area contributed by atoms with Crippen molar-refractivity contribution in [2.45, 2.75) is 13.3 Å². The van der Waals surface area contributed by atoms with Crippen LogP contribution in [0, 0.1) is 0 Å². The number of benzene rings is 1. The van der Waals surface area contributed by atoms with Gasteiger partial charge in [0.25, 0.3) is 0 Å². The van der Waals surface area contributed by atoms with Crippen molar-refractivity contribution in [1.29, 1.82) is 0 Å². The number of halogens is 1. The van der Waals surface area contributed by atoms with Gasteiger partial charge in [-0.25, -0.2) is 0 Å². The Labute approximate surface area is 117 Å². The molecule has 2 rings (SSSR count). The molecule has 100 valence electrons. The van der Waals surface area contributed by atoms with Crippen molar-refractivity contribution in [3.8, 4) is 6.01 Å². The summed E-state index contributed by atoms with van der Waals surface area (Å²) in [5, 5.41) is 0.110. The number of nitrogens with zero attached hydrogens (tertiary/aromatic N) is 4. The summed E-state index contributed by atoms with van der Waals surface area (Å²) < 4.78 is 4.98. The molecule has 0 amide bonds. The predicted molar refractivity (Wildman–Crippen MR) is 75.3 cm³/mol. The van der Waals surface area contributed by atoms with Crippen LogP contribution in [0.15, 0.2) is 24.3 Å². The van der Waals surface area contributed by atoms with E-state index < -0.39 is 0 Å². The van der Waals surface area contributed by atoms with Crippen molar-refractivity contribution in [3.63, 3.8) is 0 Å². The second-order valence-electron chi connectivity index (χ2n) is 3.97. The highest BCUT2D eigenvalue weighted by Crippen LogP contribution is 2.22. The number of aryl methyl sites for hydroxylation is 1. The lowest BCUT2D eigenvalue weighted by Gasteiger charge is -2.17. The minimum Gasteiger partial charge on any atom is -0.467 e. The molecule has 0 N–H and O–H groups in total. The van der Waals surface area contributed by atoms with E-state index in [0.29, 0.717) is 5.95 Å². The fourth-order valence-corrected chi connectivity index (χ4v) is 1.78. The Hall–Kier alpha value is -1.88. The molecule has 1 heterocycles. The minimum absolute atomic E-state index is 0.110. The van der Waals surface area contributed by atoms with Gasteiger partial charge in [0, 0.05) is 12.7 Å². The monoisotopic (exact) mass is 278 g/mol. The molecule has 0 saturated heterocycles. The first kappa shape index (κ1) is 13.5. The third-order valence-electron chi connectivity index (χ3n) is 2.79. The molecule has 1 aromatic carbocycles. The maximum Gasteiger partial charge on any atom is 0.322 e. The molecule has 5 nitrogen and oxygen atoms in total. The van der Waals surface area contributed by atoms with Crippen molar-refractivity contribution in [2.75, 3.05) is 19.1 Å². The SMILES string of the molecule is CCc1ccc(N(C)c2nc(Cl)nc(OC)n2)cc1. The van der Waals surface area contributed by atoms with E-state index in [-0.39, 0.29) is 11.3 Å². The highest BCUT2D eigenvalue weighted by Gasteiger charge is 2.11. The third-order valence-corrected chi connectivity index (χ3v) is 2.96. The molecule has 0 fully saturated rings. The zero-order valence-corrected chi connectivity index (χ0v) is 11.8. The summed E-state index contributed by atoms with van der Waals surface area (Å²) in [4.78, 5) is 13.9. The van der Waals surface area contributed by atoms with E-state index in [9.17, 15) is 0 Å². The van der Waals surface area contributed by atoms with E-state index in [0.717, 1.165) is 12.1 Å². The van der Waals surface area contributed by atoms with Gasteiger partial charge in [-0.3, -0.25) is 0 Å². The van der Waals surface area contributed by atoms with Gasteiger partial charge in [0.15, 0.2) is 0 Å². The highest BCUT2D eigenvalue weighted by molar-refractivity contribution is 6.28. The van der Waals surface area contributed by atoms with Crippen molar-refractivity contribution >= 4 is 23.2 Å². The van der Waals surface area contributed by atoms with Crippen LogP contribution in [-0.4, -0.2) is 29.1 Å². The van der Waals surface area contributed by atoms with Crippen molar-refractivity contribution < 1.29 is 4.74 Å². The summed E-state index contributed by atoms with van der Waals surface area (Å²) in [6.07, 6.45) is 1.01. The van der Waals surface area contributed by atoms with Gasteiger partial charge >= 0.3 is 6.01 Å². The number of anilines is 2. The minimum atomic E-state index is 0.110. The maximum absolute atomic E-state index is 5.84. The smallest absolute Gasteiger partial charge is 0.322 e. The fraction of sp³-hybridized carbons (Fsp3) is 0.308. The van der Waals surface area contributed by atoms with Gasteiger partial charge in [-0.15, -0.1) is 0 Å². The number of methoxy groups -OCH3 is 1. The van der Waals surface area contributed by atoms with Crippen LogP contribution in [0.3, 0.4) is 0 Å². The molecule has 0 unspecified atom stereocenters. The molecule has 0 saturated carbocycles. The number of hydrogen-bond donors (Lipinski definition) is 0. The van der Waals surface area contributed by atoms with Gasteiger partial charge < -0.3 is 9.64 Å². The largest absolute Gasteiger partial charge is 0.467 e. The molecule has 1 aromatic heterocycles. The van der Waals surface area contributed by atoms with Gasteiger partial charge in [0.05, 0.1) is 7.11 Å². The van der Waals surface area contributed by atoms with Gasteiger partial charge in [-0.2, -0.15) is 15.0 Å². The molecule has 0 bridgehead atoms. The number of rotatable bonds is 4. The van der Waals surface area contributed by atoms with Crippen molar-refractivity contribution in [1.82, 2.24) is 15.0 Å². The van der Waals surface area contributed by atoms with Gasteiger partial charge in [0.1, 0.15) is 0 Å². The van der Waals surface area contributed by atoms with Crippen LogP contribution in [0.2, 0.25) is 5.28 Å². The first-order chi connectivity index (χ1) is 9.13. The highest BCUT2D eigenvalue weighted by atomic mass is 35.5. The molecule has 0 aliphatic carbocycles. The zero-order chi connectivity index (χ0) is 13.8. The number of aromatic nitrogens is 3. The first-order valence-corrected chi connectivity index (χ1v) is 6.30. The normalized spacial score (nSPS) is 10.3. The molecule has 6 heteroatoms. The predicted octanol–water partition coefficient (Wildman–Crippen LogP) is 2.86. The third kappa shape index (κ3) is 3.12. The molecule has 2 aromatic rings. The molecular weight excluding hydrogens is 264 g/mol. The van der Waals surface area contributed by atoms with Gasteiger partial charge in [0.2, 0.25) is 11.2 Å².